The van der Waals surface area contributed by atoms with Crippen LogP contribution < -0.4 is 4.74 Å². The fraction of sp³-hybridized carbons (Fsp3) is 0.745. The number of ether oxygens (including phenoxy) is 1. The highest BCUT2D eigenvalue weighted by atomic mass is 16.5. The molecule has 0 heterocycles. The van der Waals surface area contributed by atoms with Crippen LogP contribution in [0.2, 0.25) is 0 Å². The number of carbonyl (C=O) groups is 1. The van der Waals surface area contributed by atoms with Crippen LogP contribution in [-0.4, -0.2) is 12.4 Å². The Morgan fingerprint density at radius 1 is 0.396 bits per heavy atom. The van der Waals surface area contributed by atoms with Gasteiger partial charge in [0.25, 0.3) is 0 Å². The van der Waals surface area contributed by atoms with E-state index >= 15 is 0 Å². The van der Waals surface area contributed by atoms with Gasteiger partial charge in [-0.3, -0.25) is 4.79 Å². The Kier molecular flexibility index (Phi) is 26.6. The normalized spacial score (nSPS) is 12.2. The molecule has 0 fully saturated rings. The molecule has 0 saturated heterocycles. The van der Waals surface area contributed by atoms with Crippen LogP contribution in [0.4, 0.5) is 0 Å². The predicted molar refractivity (Wildman–Crippen MR) is 233 cm³/mol. The highest BCUT2D eigenvalue weighted by Gasteiger charge is 2.26. The Hall–Kier alpha value is -2.09. The largest absolute Gasteiger partial charge is 0.493 e. The van der Waals surface area contributed by atoms with Gasteiger partial charge in [0.2, 0.25) is 0 Å². The number of rotatable bonds is 37. The van der Waals surface area contributed by atoms with Crippen molar-refractivity contribution in [2.45, 2.75) is 232 Å². The molecule has 0 aromatic heterocycles. The molecule has 0 unspecified atom stereocenters. The van der Waals surface area contributed by atoms with E-state index in [1.165, 1.54) is 218 Å². The Bertz CT molecular complexity index is 1130. The van der Waals surface area contributed by atoms with Gasteiger partial charge in [0.15, 0.2) is 5.78 Å². The second-order valence-corrected chi connectivity index (χ2v) is 16.9. The highest BCUT2D eigenvalue weighted by Crippen LogP contribution is 2.38. The SMILES string of the molecule is CCCCCCCCCCCCCCCCCCC(CCCCCCCCCCCCCCCCCC)COc1ccc2c(c1)C(=O)c1ccccc1-2. The maximum absolute atomic E-state index is 13.1. The van der Waals surface area contributed by atoms with E-state index in [0.29, 0.717) is 5.92 Å². The monoisotopic (exact) mass is 729 g/mol. The summed E-state index contributed by atoms with van der Waals surface area (Å²) < 4.78 is 6.45. The van der Waals surface area contributed by atoms with E-state index in [1.807, 2.05) is 24.3 Å². The first-order valence-electron chi connectivity index (χ1n) is 23.7. The molecule has 2 aromatic carbocycles. The lowest BCUT2D eigenvalue weighted by molar-refractivity contribution is 0.104. The van der Waals surface area contributed by atoms with Crippen LogP contribution in [0.3, 0.4) is 0 Å². The summed E-state index contributed by atoms with van der Waals surface area (Å²) >= 11 is 0. The molecular weight excluding hydrogens is 645 g/mol. The second-order valence-electron chi connectivity index (χ2n) is 16.9. The summed E-state index contributed by atoms with van der Waals surface area (Å²) in [5, 5.41) is 0. The number of ketones is 1. The number of unbranched alkanes of at least 4 members (excludes halogenated alkanes) is 30. The molecule has 2 aromatic rings. The third kappa shape index (κ3) is 20.4. The average Bonchev–Trinajstić information content (AvgIpc) is 3.46. The highest BCUT2D eigenvalue weighted by molar-refractivity contribution is 6.21. The zero-order valence-corrected chi connectivity index (χ0v) is 35.2. The van der Waals surface area contributed by atoms with E-state index in [0.717, 1.165) is 34.6 Å². The van der Waals surface area contributed by atoms with Crippen LogP contribution in [0.15, 0.2) is 42.5 Å². The average molecular weight is 729 g/mol. The van der Waals surface area contributed by atoms with Gasteiger partial charge in [0.1, 0.15) is 5.75 Å². The summed E-state index contributed by atoms with van der Waals surface area (Å²) in [5.41, 5.74) is 3.74. The van der Waals surface area contributed by atoms with Crippen molar-refractivity contribution in [2.75, 3.05) is 6.61 Å². The van der Waals surface area contributed by atoms with Crippen molar-refractivity contribution in [1.29, 1.82) is 0 Å². The van der Waals surface area contributed by atoms with Gasteiger partial charge >= 0.3 is 0 Å². The van der Waals surface area contributed by atoms with E-state index < -0.39 is 0 Å². The van der Waals surface area contributed by atoms with Crippen molar-refractivity contribution in [3.8, 4) is 16.9 Å². The topological polar surface area (TPSA) is 26.3 Å². The van der Waals surface area contributed by atoms with Gasteiger partial charge in [0, 0.05) is 11.1 Å². The van der Waals surface area contributed by atoms with Crippen LogP contribution in [0.1, 0.15) is 248 Å². The second kappa shape index (κ2) is 31.2. The van der Waals surface area contributed by atoms with Crippen molar-refractivity contribution in [1.82, 2.24) is 0 Å². The van der Waals surface area contributed by atoms with E-state index in [9.17, 15) is 4.79 Å². The van der Waals surface area contributed by atoms with Crippen molar-refractivity contribution in [3.05, 3.63) is 53.6 Å². The van der Waals surface area contributed by atoms with Gasteiger partial charge < -0.3 is 4.74 Å². The van der Waals surface area contributed by atoms with Crippen LogP contribution in [0, 0.1) is 5.92 Å². The smallest absolute Gasteiger partial charge is 0.194 e. The van der Waals surface area contributed by atoms with Crippen LogP contribution in [0.25, 0.3) is 11.1 Å². The lowest BCUT2D eigenvalue weighted by atomic mass is 9.94. The lowest BCUT2D eigenvalue weighted by Crippen LogP contribution is -2.13. The molecule has 0 radical (unpaired) electrons. The molecule has 0 saturated carbocycles. The van der Waals surface area contributed by atoms with Crippen molar-refractivity contribution < 1.29 is 9.53 Å². The summed E-state index contributed by atoms with van der Waals surface area (Å²) in [4.78, 5) is 13.1. The molecule has 0 atom stereocenters. The minimum atomic E-state index is 0.138. The Balaban J connectivity index is 1.26. The fourth-order valence-electron chi connectivity index (χ4n) is 8.58. The van der Waals surface area contributed by atoms with Gasteiger partial charge in [-0.25, -0.2) is 0 Å². The standard InChI is InChI=1S/C51H84O2/c1-3-5-7-9-11-13-15-17-19-21-23-25-27-29-31-33-37-45(38-34-32-30-28-26-24-22-20-18-16-14-12-10-8-6-4-2)44-53-46-41-42-48-47-39-35-36-40-49(47)51(52)50(48)43-46/h35-36,39-43,45H,3-34,37-38,44H2,1-2H3. The zero-order valence-electron chi connectivity index (χ0n) is 35.2. The summed E-state index contributed by atoms with van der Waals surface area (Å²) in [6, 6.07) is 14.2. The van der Waals surface area contributed by atoms with E-state index in [2.05, 4.69) is 32.0 Å². The van der Waals surface area contributed by atoms with Gasteiger partial charge in [-0.1, -0.05) is 244 Å². The van der Waals surface area contributed by atoms with Gasteiger partial charge in [-0.05, 0) is 48.1 Å². The molecule has 53 heavy (non-hydrogen) atoms. The number of hydrogen-bond acceptors (Lipinski definition) is 2. The summed E-state index contributed by atoms with van der Waals surface area (Å²) in [5.74, 6) is 1.60. The van der Waals surface area contributed by atoms with Crippen molar-refractivity contribution >= 4 is 5.78 Å². The third-order valence-corrected chi connectivity index (χ3v) is 12.1. The van der Waals surface area contributed by atoms with Crippen molar-refractivity contribution in [3.63, 3.8) is 0 Å². The molecule has 0 N–H and O–H groups in total. The molecule has 1 aliphatic carbocycles. The Morgan fingerprint density at radius 3 is 1.13 bits per heavy atom. The van der Waals surface area contributed by atoms with Crippen LogP contribution in [-0.2, 0) is 0 Å². The molecule has 3 rings (SSSR count). The molecule has 2 heteroatoms. The minimum absolute atomic E-state index is 0.138. The lowest BCUT2D eigenvalue weighted by Gasteiger charge is -2.18. The van der Waals surface area contributed by atoms with Crippen LogP contribution in [0.5, 0.6) is 5.75 Å². The van der Waals surface area contributed by atoms with E-state index in [-0.39, 0.29) is 5.78 Å². The first-order valence-corrected chi connectivity index (χ1v) is 23.7. The molecule has 300 valence electrons. The molecular formula is C51H84O2. The predicted octanol–water partition coefficient (Wildman–Crippen LogP) is 17.2. The van der Waals surface area contributed by atoms with E-state index in [4.69, 9.17) is 4.74 Å². The van der Waals surface area contributed by atoms with Crippen LogP contribution >= 0.6 is 0 Å². The molecule has 0 amide bonds. The van der Waals surface area contributed by atoms with E-state index in [1.54, 1.807) is 0 Å². The Labute approximate surface area is 329 Å². The molecule has 0 aliphatic heterocycles. The van der Waals surface area contributed by atoms with Gasteiger partial charge in [-0.2, -0.15) is 0 Å². The molecule has 1 aliphatic rings. The maximum Gasteiger partial charge on any atom is 0.194 e. The molecule has 0 spiro atoms. The zero-order chi connectivity index (χ0) is 37.4. The first kappa shape index (κ1) is 45.3. The molecule has 0 bridgehead atoms. The molecule has 2 nitrogen and oxygen atoms in total. The van der Waals surface area contributed by atoms with Crippen molar-refractivity contribution in [2.24, 2.45) is 5.92 Å². The van der Waals surface area contributed by atoms with Gasteiger partial charge in [0.05, 0.1) is 6.61 Å². The number of carbonyl (C=O) groups excluding carboxylic acids is 1. The fourth-order valence-corrected chi connectivity index (χ4v) is 8.58. The number of hydrogen-bond donors (Lipinski definition) is 0. The number of benzene rings is 2. The third-order valence-electron chi connectivity index (χ3n) is 12.1. The quantitative estimate of drug-likeness (QED) is 0.0553. The minimum Gasteiger partial charge on any atom is -0.493 e. The first-order chi connectivity index (χ1) is 26.2. The number of fused-ring (bicyclic) bond motifs is 3. The Morgan fingerprint density at radius 2 is 0.736 bits per heavy atom. The maximum atomic E-state index is 13.1. The summed E-state index contributed by atoms with van der Waals surface area (Å²) in [6.45, 7) is 5.38. The summed E-state index contributed by atoms with van der Waals surface area (Å²) in [7, 11) is 0. The summed E-state index contributed by atoms with van der Waals surface area (Å²) in [6.07, 6.45) is 47.9. The van der Waals surface area contributed by atoms with Gasteiger partial charge in [-0.15, -0.1) is 0 Å².